The standard InChI is InChI=1S/C7H6ClFO4S2/c1-14(10,11)5-2-3-7(6(9)4-5)15(8,12)13/h2-4H,1H3. The van der Waals surface area contributed by atoms with Crippen molar-refractivity contribution in [2.75, 3.05) is 6.26 Å². The number of halogens is 2. The van der Waals surface area contributed by atoms with Crippen molar-refractivity contribution < 1.29 is 21.2 Å². The Morgan fingerprint density at radius 1 is 1.20 bits per heavy atom. The Bertz CT molecular complexity index is 591. The molecular weight excluding hydrogens is 267 g/mol. The topological polar surface area (TPSA) is 68.3 Å². The zero-order valence-corrected chi connectivity index (χ0v) is 9.83. The Hall–Kier alpha value is -0.660. The lowest BCUT2D eigenvalue weighted by Crippen LogP contribution is -2.01. The lowest BCUT2D eigenvalue weighted by Gasteiger charge is -2.01. The van der Waals surface area contributed by atoms with E-state index in [1.54, 1.807) is 0 Å². The van der Waals surface area contributed by atoms with E-state index in [1.807, 2.05) is 0 Å². The second-order valence-electron chi connectivity index (χ2n) is 2.80. The minimum Gasteiger partial charge on any atom is -0.224 e. The van der Waals surface area contributed by atoms with Crippen molar-refractivity contribution in [2.45, 2.75) is 9.79 Å². The van der Waals surface area contributed by atoms with E-state index in [0.29, 0.717) is 6.07 Å². The zero-order valence-electron chi connectivity index (χ0n) is 7.44. The van der Waals surface area contributed by atoms with Crippen LogP contribution in [0.15, 0.2) is 28.0 Å². The predicted molar refractivity (Wildman–Crippen MR) is 52.5 cm³/mol. The van der Waals surface area contributed by atoms with Gasteiger partial charge in [-0.25, -0.2) is 21.2 Å². The molecule has 15 heavy (non-hydrogen) atoms. The summed E-state index contributed by atoms with van der Waals surface area (Å²) in [5.41, 5.74) is 0. The van der Waals surface area contributed by atoms with Gasteiger partial charge in [-0.3, -0.25) is 0 Å². The number of hydrogen-bond acceptors (Lipinski definition) is 4. The third-order valence-electron chi connectivity index (χ3n) is 1.59. The summed E-state index contributed by atoms with van der Waals surface area (Å²) in [6, 6.07) is 2.41. The predicted octanol–water partition coefficient (Wildman–Crippen LogP) is 1.16. The molecule has 0 heterocycles. The molecule has 0 aliphatic heterocycles. The van der Waals surface area contributed by atoms with Crippen molar-refractivity contribution in [3.8, 4) is 0 Å². The second-order valence-corrected chi connectivity index (χ2v) is 7.35. The quantitative estimate of drug-likeness (QED) is 0.758. The molecule has 0 saturated carbocycles. The second kappa shape index (κ2) is 3.73. The highest BCUT2D eigenvalue weighted by molar-refractivity contribution is 8.13. The van der Waals surface area contributed by atoms with Crippen molar-refractivity contribution in [1.82, 2.24) is 0 Å². The Labute approximate surface area is 91.0 Å². The molecular formula is C7H6ClFO4S2. The monoisotopic (exact) mass is 272 g/mol. The summed E-state index contributed by atoms with van der Waals surface area (Å²) in [5, 5.41) is 0. The summed E-state index contributed by atoms with van der Waals surface area (Å²) < 4.78 is 56.7. The summed E-state index contributed by atoms with van der Waals surface area (Å²) in [6.07, 6.45) is 0.886. The molecule has 0 spiro atoms. The first-order chi connectivity index (χ1) is 6.62. The smallest absolute Gasteiger partial charge is 0.224 e. The van der Waals surface area contributed by atoms with Gasteiger partial charge in [-0.2, -0.15) is 0 Å². The maximum atomic E-state index is 13.1. The van der Waals surface area contributed by atoms with Crippen LogP contribution in [0, 0.1) is 5.82 Å². The van der Waals surface area contributed by atoms with Crippen LogP contribution >= 0.6 is 10.7 Å². The molecule has 0 atom stereocenters. The van der Waals surface area contributed by atoms with E-state index in [2.05, 4.69) is 0 Å². The first-order valence-electron chi connectivity index (χ1n) is 3.56. The molecule has 0 aromatic heterocycles. The van der Waals surface area contributed by atoms with E-state index in [1.165, 1.54) is 0 Å². The number of rotatable bonds is 2. The van der Waals surface area contributed by atoms with Gasteiger partial charge in [-0.05, 0) is 18.2 Å². The van der Waals surface area contributed by atoms with Crippen molar-refractivity contribution in [2.24, 2.45) is 0 Å². The van der Waals surface area contributed by atoms with Gasteiger partial charge in [0, 0.05) is 16.9 Å². The van der Waals surface area contributed by atoms with Gasteiger partial charge in [0.05, 0.1) is 4.90 Å². The van der Waals surface area contributed by atoms with Crippen LogP contribution in [-0.2, 0) is 18.9 Å². The highest BCUT2D eigenvalue weighted by Gasteiger charge is 2.18. The first kappa shape index (κ1) is 12.4. The van der Waals surface area contributed by atoms with Gasteiger partial charge in [-0.15, -0.1) is 0 Å². The van der Waals surface area contributed by atoms with Gasteiger partial charge < -0.3 is 0 Å². The molecule has 0 saturated heterocycles. The van der Waals surface area contributed by atoms with Crippen LogP contribution in [0.3, 0.4) is 0 Å². The van der Waals surface area contributed by atoms with Crippen LogP contribution in [0.4, 0.5) is 4.39 Å². The molecule has 0 bridgehead atoms. The Morgan fingerprint density at radius 3 is 2.07 bits per heavy atom. The van der Waals surface area contributed by atoms with E-state index < -0.39 is 29.6 Å². The van der Waals surface area contributed by atoms with Crippen molar-refractivity contribution >= 4 is 29.6 Å². The van der Waals surface area contributed by atoms with E-state index in [0.717, 1.165) is 18.4 Å². The maximum Gasteiger partial charge on any atom is 0.264 e. The van der Waals surface area contributed by atoms with Crippen molar-refractivity contribution in [3.05, 3.63) is 24.0 Å². The molecule has 4 nitrogen and oxygen atoms in total. The zero-order chi connectivity index (χ0) is 11.9. The van der Waals surface area contributed by atoms with Crippen LogP contribution in [0.25, 0.3) is 0 Å². The summed E-state index contributed by atoms with van der Waals surface area (Å²) in [5.74, 6) is -1.19. The summed E-state index contributed by atoms with van der Waals surface area (Å²) in [6.45, 7) is 0. The molecule has 8 heteroatoms. The van der Waals surface area contributed by atoms with Gasteiger partial charge in [0.2, 0.25) is 0 Å². The molecule has 0 unspecified atom stereocenters. The highest BCUT2D eigenvalue weighted by Crippen LogP contribution is 2.21. The Morgan fingerprint density at radius 2 is 1.73 bits per heavy atom. The molecule has 1 aromatic rings. The molecule has 0 radical (unpaired) electrons. The third kappa shape index (κ3) is 2.90. The Balaban J connectivity index is 3.47. The SMILES string of the molecule is CS(=O)(=O)c1ccc(S(=O)(=O)Cl)c(F)c1. The molecule has 0 aliphatic rings. The highest BCUT2D eigenvalue weighted by atomic mass is 35.7. The average molecular weight is 273 g/mol. The van der Waals surface area contributed by atoms with E-state index in [4.69, 9.17) is 10.7 Å². The number of hydrogen-bond donors (Lipinski definition) is 0. The van der Waals surface area contributed by atoms with Gasteiger partial charge >= 0.3 is 0 Å². The Kier molecular flexibility index (Phi) is 3.09. The minimum atomic E-state index is -4.19. The van der Waals surface area contributed by atoms with Crippen LogP contribution in [0.5, 0.6) is 0 Å². The number of benzene rings is 1. The minimum absolute atomic E-state index is 0.302. The average Bonchev–Trinajstić information content (AvgIpc) is 1.99. The molecule has 0 N–H and O–H groups in total. The maximum absolute atomic E-state index is 13.1. The third-order valence-corrected chi connectivity index (χ3v) is 4.06. The van der Waals surface area contributed by atoms with Crippen LogP contribution in [0.1, 0.15) is 0 Å². The fraction of sp³-hybridized carbons (Fsp3) is 0.143. The molecule has 84 valence electrons. The lowest BCUT2D eigenvalue weighted by atomic mass is 10.3. The van der Waals surface area contributed by atoms with Crippen LogP contribution in [0.2, 0.25) is 0 Å². The molecule has 1 rings (SSSR count). The largest absolute Gasteiger partial charge is 0.264 e. The molecule has 1 aromatic carbocycles. The fourth-order valence-corrected chi connectivity index (χ4v) is 2.44. The summed E-state index contributed by atoms with van der Waals surface area (Å²) in [7, 11) is -2.85. The van der Waals surface area contributed by atoms with Crippen molar-refractivity contribution in [3.63, 3.8) is 0 Å². The van der Waals surface area contributed by atoms with Gasteiger partial charge in [-0.1, -0.05) is 0 Å². The lowest BCUT2D eigenvalue weighted by molar-refractivity contribution is 0.568. The van der Waals surface area contributed by atoms with E-state index >= 15 is 0 Å². The van der Waals surface area contributed by atoms with E-state index in [9.17, 15) is 21.2 Å². The van der Waals surface area contributed by atoms with Crippen LogP contribution < -0.4 is 0 Å². The van der Waals surface area contributed by atoms with Gasteiger partial charge in [0.25, 0.3) is 9.05 Å². The fourth-order valence-electron chi connectivity index (χ4n) is 0.910. The van der Waals surface area contributed by atoms with Crippen LogP contribution in [-0.4, -0.2) is 23.1 Å². The van der Waals surface area contributed by atoms with E-state index in [-0.39, 0.29) is 4.90 Å². The normalized spacial score (nSPS) is 12.7. The number of sulfone groups is 1. The molecule has 0 fully saturated rings. The molecule has 0 aliphatic carbocycles. The summed E-state index contributed by atoms with van der Waals surface area (Å²) in [4.78, 5) is -1.04. The summed E-state index contributed by atoms with van der Waals surface area (Å²) >= 11 is 0. The van der Waals surface area contributed by atoms with Gasteiger partial charge in [0.15, 0.2) is 9.84 Å². The molecule has 0 amide bonds. The first-order valence-corrected chi connectivity index (χ1v) is 7.77. The van der Waals surface area contributed by atoms with Gasteiger partial charge in [0.1, 0.15) is 10.7 Å². The van der Waals surface area contributed by atoms with Crippen molar-refractivity contribution in [1.29, 1.82) is 0 Å².